The third-order valence-corrected chi connectivity index (χ3v) is 3.02. The second kappa shape index (κ2) is 7.96. The minimum atomic E-state index is -1.13. The van der Waals surface area contributed by atoms with Crippen molar-refractivity contribution in [1.29, 1.82) is 0 Å². The summed E-state index contributed by atoms with van der Waals surface area (Å²) in [6.07, 6.45) is 1.98. The van der Waals surface area contributed by atoms with Gasteiger partial charge in [-0.3, -0.25) is 9.59 Å². The fraction of sp³-hybridized carbons (Fsp3) is 0.235. The summed E-state index contributed by atoms with van der Waals surface area (Å²) in [5.74, 6) is -0.605. The molecule has 1 aromatic heterocycles. The van der Waals surface area contributed by atoms with Gasteiger partial charge in [-0.15, -0.1) is 0 Å². The summed E-state index contributed by atoms with van der Waals surface area (Å²) in [7, 11) is 0. The Labute approximate surface area is 138 Å². The number of nitrogens with one attached hydrogen (secondary N) is 1. The molecule has 0 aliphatic heterocycles. The highest BCUT2D eigenvalue weighted by molar-refractivity contribution is 5.94. The van der Waals surface area contributed by atoms with E-state index in [1.807, 2.05) is 19.9 Å². The third-order valence-electron chi connectivity index (χ3n) is 3.02. The standard InChI is InChI=1S/C17H18N2O5/c1-11(2)7-8-23-13-5-3-12(4-6-13)15-9-14(19-24-15)17(22)18-10-16(20)21/h3-7,9H,8,10H2,1-2H3,(H,18,22)(H,20,21). The van der Waals surface area contributed by atoms with Crippen LogP contribution in [0.1, 0.15) is 24.3 Å². The van der Waals surface area contributed by atoms with Crippen LogP contribution in [0, 0.1) is 0 Å². The molecular formula is C17H18N2O5. The number of aliphatic carboxylic acids is 1. The van der Waals surface area contributed by atoms with Crippen LogP contribution in [0.15, 0.2) is 46.5 Å². The average molecular weight is 330 g/mol. The zero-order valence-corrected chi connectivity index (χ0v) is 13.4. The van der Waals surface area contributed by atoms with Gasteiger partial charge in [0.2, 0.25) is 0 Å². The van der Waals surface area contributed by atoms with Crippen LogP contribution in [0.5, 0.6) is 5.75 Å². The lowest BCUT2D eigenvalue weighted by molar-refractivity contribution is -0.135. The highest BCUT2D eigenvalue weighted by Crippen LogP contribution is 2.23. The minimum absolute atomic E-state index is 0.0233. The summed E-state index contributed by atoms with van der Waals surface area (Å²) < 4.78 is 10.7. The minimum Gasteiger partial charge on any atom is -0.490 e. The van der Waals surface area contributed by atoms with E-state index in [0.29, 0.717) is 12.4 Å². The number of carbonyl (C=O) groups is 2. The molecule has 7 nitrogen and oxygen atoms in total. The van der Waals surface area contributed by atoms with Crippen LogP contribution in [0.4, 0.5) is 0 Å². The van der Waals surface area contributed by atoms with Crippen molar-refractivity contribution < 1.29 is 24.0 Å². The molecule has 126 valence electrons. The van der Waals surface area contributed by atoms with Crippen LogP contribution >= 0.6 is 0 Å². The Morgan fingerprint density at radius 2 is 2.00 bits per heavy atom. The molecule has 2 aromatic rings. The molecule has 0 fully saturated rings. The van der Waals surface area contributed by atoms with Crippen molar-refractivity contribution in [2.24, 2.45) is 0 Å². The van der Waals surface area contributed by atoms with E-state index in [2.05, 4.69) is 10.5 Å². The van der Waals surface area contributed by atoms with Crippen molar-refractivity contribution in [3.05, 3.63) is 47.7 Å². The third kappa shape index (κ3) is 4.98. The summed E-state index contributed by atoms with van der Waals surface area (Å²) in [4.78, 5) is 22.1. The van der Waals surface area contributed by atoms with E-state index < -0.39 is 18.4 Å². The Morgan fingerprint density at radius 3 is 2.62 bits per heavy atom. The van der Waals surface area contributed by atoms with Crippen LogP contribution in [-0.4, -0.2) is 35.3 Å². The fourth-order valence-corrected chi connectivity index (χ4v) is 1.78. The average Bonchev–Trinajstić information content (AvgIpc) is 3.03. The lowest BCUT2D eigenvalue weighted by Crippen LogP contribution is -2.29. The maximum Gasteiger partial charge on any atom is 0.322 e. The Hall–Kier alpha value is -3.09. The molecule has 1 heterocycles. The van der Waals surface area contributed by atoms with Gasteiger partial charge in [0.05, 0.1) is 0 Å². The number of rotatable bonds is 7. The van der Waals surface area contributed by atoms with Crippen molar-refractivity contribution in [2.75, 3.05) is 13.2 Å². The Bertz CT molecular complexity index is 743. The second-order valence-electron chi connectivity index (χ2n) is 5.27. The predicted molar refractivity (Wildman–Crippen MR) is 86.8 cm³/mol. The molecular weight excluding hydrogens is 312 g/mol. The van der Waals surface area contributed by atoms with Gasteiger partial charge in [0, 0.05) is 11.6 Å². The van der Waals surface area contributed by atoms with E-state index in [0.717, 1.165) is 11.3 Å². The van der Waals surface area contributed by atoms with E-state index in [9.17, 15) is 9.59 Å². The van der Waals surface area contributed by atoms with E-state index in [1.165, 1.54) is 11.6 Å². The number of ether oxygens (including phenoxy) is 1. The molecule has 2 N–H and O–H groups in total. The molecule has 0 saturated heterocycles. The van der Waals surface area contributed by atoms with Crippen molar-refractivity contribution in [2.45, 2.75) is 13.8 Å². The van der Waals surface area contributed by atoms with Gasteiger partial charge in [0.15, 0.2) is 11.5 Å². The number of amides is 1. The number of carboxylic acid groups (broad SMARTS) is 1. The lowest BCUT2D eigenvalue weighted by atomic mass is 10.1. The summed E-state index contributed by atoms with van der Waals surface area (Å²) in [5, 5.41) is 14.4. The monoisotopic (exact) mass is 330 g/mol. The van der Waals surface area contributed by atoms with Gasteiger partial charge < -0.3 is 19.7 Å². The summed E-state index contributed by atoms with van der Waals surface area (Å²) in [5.41, 5.74) is 1.94. The second-order valence-corrected chi connectivity index (χ2v) is 5.27. The molecule has 24 heavy (non-hydrogen) atoms. The van der Waals surface area contributed by atoms with E-state index in [-0.39, 0.29) is 5.69 Å². The molecule has 7 heteroatoms. The molecule has 1 aromatic carbocycles. The predicted octanol–water partition coefficient (Wildman–Crippen LogP) is 2.50. The first-order valence-electron chi connectivity index (χ1n) is 7.29. The number of carbonyl (C=O) groups excluding carboxylic acids is 1. The fourth-order valence-electron chi connectivity index (χ4n) is 1.78. The number of nitrogens with zero attached hydrogens (tertiary/aromatic N) is 1. The van der Waals surface area contributed by atoms with Crippen molar-refractivity contribution in [1.82, 2.24) is 10.5 Å². The number of allylic oxidation sites excluding steroid dienone is 1. The topological polar surface area (TPSA) is 102 Å². The van der Waals surface area contributed by atoms with Crippen molar-refractivity contribution in [3.8, 4) is 17.1 Å². The van der Waals surface area contributed by atoms with Crippen molar-refractivity contribution >= 4 is 11.9 Å². The molecule has 0 saturated carbocycles. The zero-order chi connectivity index (χ0) is 17.5. The van der Waals surface area contributed by atoms with E-state index >= 15 is 0 Å². The molecule has 0 bridgehead atoms. The van der Waals surface area contributed by atoms with Gasteiger partial charge in [-0.25, -0.2) is 0 Å². The van der Waals surface area contributed by atoms with Crippen LogP contribution in [0.2, 0.25) is 0 Å². The molecule has 1 amide bonds. The maximum atomic E-state index is 11.7. The molecule has 2 rings (SSSR count). The van der Waals surface area contributed by atoms with Crippen LogP contribution in [0.25, 0.3) is 11.3 Å². The Balaban J connectivity index is 2.00. The number of hydrogen-bond acceptors (Lipinski definition) is 5. The van der Waals surface area contributed by atoms with Gasteiger partial charge in [-0.1, -0.05) is 10.7 Å². The normalized spacial score (nSPS) is 10.1. The molecule has 0 atom stereocenters. The van der Waals surface area contributed by atoms with Gasteiger partial charge in [0.25, 0.3) is 5.91 Å². The van der Waals surface area contributed by atoms with Crippen LogP contribution < -0.4 is 10.1 Å². The SMILES string of the molecule is CC(C)=CCOc1ccc(-c2cc(C(=O)NCC(=O)O)no2)cc1. The number of carboxylic acids is 1. The van der Waals surface area contributed by atoms with Crippen molar-refractivity contribution in [3.63, 3.8) is 0 Å². The van der Waals surface area contributed by atoms with Gasteiger partial charge in [-0.2, -0.15) is 0 Å². The Kier molecular flexibility index (Phi) is 5.73. The molecule has 0 radical (unpaired) electrons. The van der Waals surface area contributed by atoms with Crippen LogP contribution in [-0.2, 0) is 4.79 Å². The number of benzene rings is 1. The molecule has 0 aliphatic rings. The maximum absolute atomic E-state index is 11.7. The first-order chi connectivity index (χ1) is 11.5. The summed E-state index contributed by atoms with van der Waals surface area (Å²) >= 11 is 0. The molecule has 0 aliphatic carbocycles. The summed E-state index contributed by atoms with van der Waals surface area (Å²) in [6.45, 7) is 4.03. The highest BCUT2D eigenvalue weighted by Gasteiger charge is 2.14. The highest BCUT2D eigenvalue weighted by atomic mass is 16.5. The number of aromatic nitrogens is 1. The molecule has 0 spiro atoms. The summed E-state index contributed by atoms with van der Waals surface area (Å²) in [6, 6.07) is 8.62. The number of hydrogen-bond donors (Lipinski definition) is 2. The van der Waals surface area contributed by atoms with Gasteiger partial charge in [-0.05, 0) is 44.2 Å². The molecule has 0 unspecified atom stereocenters. The Morgan fingerprint density at radius 1 is 1.29 bits per heavy atom. The lowest BCUT2D eigenvalue weighted by Gasteiger charge is -2.04. The van der Waals surface area contributed by atoms with Gasteiger partial charge in [0.1, 0.15) is 18.9 Å². The van der Waals surface area contributed by atoms with Crippen LogP contribution in [0.3, 0.4) is 0 Å². The largest absolute Gasteiger partial charge is 0.490 e. The first kappa shape index (κ1) is 17.3. The van der Waals surface area contributed by atoms with Gasteiger partial charge >= 0.3 is 5.97 Å². The van der Waals surface area contributed by atoms with E-state index in [1.54, 1.807) is 24.3 Å². The van der Waals surface area contributed by atoms with E-state index in [4.69, 9.17) is 14.4 Å². The zero-order valence-electron chi connectivity index (χ0n) is 13.4. The quantitative estimate of drug-likeness (QED) is 0.756. The smallest absolute Gasteiger partial charge is 0.322 e. The first-order valence-corrected chi connectivity index (χ1v) is 7.29.